The molecule has 0 aliphatic carbocycles. The van der Waals surface area contributed by atoms with Crippen LogP contribution in [0.25, 0.3) is 11.0 Å². The molecule has 2 aromatic carbocycles. The van der Waals surface area contributed by atoms with Crippen LogP contribution in [0, 0.1) is 5.92 Å². The number of aryl methyl sites for hydroxylation is 1. The minimum Gasteiger partial charge on any atom is -0.330 e. The summed E-state index contributed by atoms with van der Waals surface area (Å²) in [5.41, 5.74) is 2.95. The van der Waals surface area contributed by atoms with E-state index in [9.17, 15) is 4.79 Å². The molecule has 6 heteroatoms. The normalized spacial score (nSPS) is 17.9. The fraction of sp³-hybridized carbons (Fsp3) is 0.333. The number of imidazole rings is 1. The van der Waals surface area contributed by atoms with Crippen LogP contribution in [0.4, 0.5) is 5.69 Å². The molecule has 1 atom stereocenters. The molecule has 0 bridgehead atoms. The summed E-state index contributed by atoms with van der Waals surface area (Å²) in [6.07, 6.45) is 1.93. The first-order chi connectivity index (χ1) is 13.1. The van der Waals surface area contributed by atoms with E-state index >= 15 is 0 Å². The van der Waals surface area contributed by atoms with Gasteiger partial charge in [0.25, 0.3) is 0 Å². The number of amides is 1. The van der Waals surface area contributed by atoms with Crippen LogP contribution in [-0.4, -0.2) is 33.4 Å². The minimum atomic E-state index is -0.0101. The third-order valence-electron chi connectivity index (χ3n) is 5.23. The van der Waals surface area contributed by atoms with Crippen LogP contribution in [0.1, 0.15) is 18.7 Å². The molecule has 140 valence electrons. The van der Waals surface area contributed by atoms with E-state index in [1.54, 1.807) is 12.1 Å². The summed E-state index contributed by atoms with van der Waals surface area (Å²) < 4.78 is 2.15. The molecule has 0 radical (unpaired) electrons. The molecule has 4 rings (SSSR count). The smallest absolute Gasteiger partial charge is 0.228 e. The Labute approximate surface area is 163 Å². The van der Waals surface area contributed by atoms with Crippen molar-refractivity contribution in [2.45, 2.75) is 19.4 Å². The standard InChI is InChI=1S/C21H23ClN4O/c1-25-19-7-3-2-6-18(19)24-20(25)14-26-12-4-5-15(13-26)21(27)23-17-10-8-16(22)9-11-17/h2-3,6-11,15H,4-5,12-14H2,1H3,(H,23,27)/t15-/m0/s1. The van der Waals surface area contributed by atoms with E-state index in [-0.39, 0.29) is 11.8 Å². The second kappa shape index (κ2) is 7.71. The highest BCUT2D eigenvalue weighted by molar-refractivity contribution is 6.30. The fourth-order valence-corrected chi connectivity index (χ4v) is 3.85. The molecule has 0 unspecified atom stereocenters. The molecule has 1 saturated heterocycles. The molecular formula is C21H23ClN4O. The van der Waals surface area contributed by atoms with Gasteiger partial charge in [-0.1, -0.05) is 23.7 Å². The topological polar surface area (TPSA) is 50.2 Å². The quantitative estimate of drug-likeness (QED) is 0.739. The SMILES string of the molecule is Cn1c(CN2CCC[C@H](C(=O)Nc3ccc(Cl)cc3)C2)nc2ccccc21. The zero-order valence-corrected chi connectivity index (χ0v) is 16.1. The van der Waals surface area contributed by atoms with Crippen molar-refractivity contribution in [1.82, 2.24) is 14.5 Å². The minimum absolute atomic E-state index is 0.0101. The highest BCUT2D eigenvalue weighted by Gasteiger charge is 2.26. The van der Waals surface area contributed by atoms with Crippen LogP contribution < -0.4 is 5.32 Å². The first kappa shape index (κ1) is 18.0. The van der Waals surface area contributed by atoms with E-state index in [0.29, 0.717) is 5.02 Å². The van der Waals surface area contributed by atoms with E-state index in [4.69, 9.17) is 16.6 Å². The Morgan fingerprint density at radius 2 is 2.00 bits per heavy atom. The summed E-state index contributed by atoms with van der Waals surface area (Å²) in [5.74, 6) is 1.10. The van der Waals surface area contributed by atoms with Gasteiger partial charge in [-0.25, -0.2) is 4.98 Å². The maximum atomic E-state index is 12.7. The number of likely N-dealkylation sites (tertiary alicyclic amines) is 1. The molecule has 2 heterocycles. The fourth-order valence-electron chi connectivity index (χ4n) is 3.73. The van der Waals surface area contributed by atoms with Crippen LogP contribution in [0.5, 0.6) is 0 Å². The largest absolute Gasteiger partial charge is 0.330 e. The molecule has 0 spiro atoms. The van der Waals surface area contributed by atoms with Gasteiger partial charge < -0.3 is 9.88 Å². The van der Waals surface area contributed by atoms with E-state index in [1.165, 1.54) is 0 Å². The second-order valence-electron chi connectivity index (χ2n) is 7.15. The Hall–Kier alpha value is -2.37. The van der Waals surface area contributed by atoms with Crippen molar-refractivity contribution in [1.29, 1.82) is 0 Å². The average Bonchev–Trinajstić information content (AvgIpc) is 3.00. The van der Waals surface area contributed by atoms with Gasteiger partial charge in [0, 0.05) is 24.3 Å². The summed E-state index contributed by atoms with van der Waals surface area (Å²) in [6, 6.07) is 15.4. The Kier molecular flexibility index (Phi) is 5.14. The maximum absolute atomic E-state index is 12.7. The number of hydrogen-bond acceptors (Lipinski definition) is 3. The third kappa shape index (κ3) is 3.99. The number of carbonyl (C=O) groups is 1. The molecule has 1 aliphatic heterocycles. The summed E-state index contributed by atoms with van der Waals surface area (Å²) >= 11 is 5.91. The molecule has 0 saturated carbocycles. The number of hydrogen-bond donors (Lipinski definition) is 1. The Morgan fingerprint density at radius 1 is 1.22 bits per heavy atom. The van der Waals surface area contributed by atoms with E-state index < -0.39 is 0 Å². The number of piperidine rings is 1. The highest BCUT2D eigenvalue weighted by Crippen LogP contribution is 2.22. The number of aromatic nitrogens is 2. The van der Waals surface area contributed by atoms with Gasteiger partial charge in [-0.15, -0.1) is 0 Å². The van der Waals surface area contributed by atoms with Gasteiger partial charge in [-0.05, 0) is 55.8 Å². The number of nitrogens with zero attached hydrogens (tertiary/aromatic N) is 3. The van der Waals surface area contributed by atoms with Crippen molar-refractivity contribution in [3.05, 3.63) is 59.4 Å². The van der Waals surface area contributed by atoms with Crippen molar-refractivity contribution >= 4 is 34.2 Å². The van der Waals surface area contributed by atoms with Crippen LogP contribution in [-0.2, 0) is 18.4 Å². The number of carbonyl (C=O) groups excluding carboxylic acids is 1. The van der Waals surface area contributed by atoms with Gasteiger partial charge in [0.15, 0.2) is 0 Å². The van der Waals surface area contributed by atoms with Crippen LogP contribution in [0.2, 0.25) is 5.02 Å². The zero-order chi connectivity index (χ0) is 18.8. The number of para-hydroxylation sites is 2. The number of halogens is 1. The Morgan fingerprint density at radius 3 is 2.78 bits per heavy atom. The lowest BCUT2D eigenvalue weighted by atomic mass is 9.97. The van der Waals surface area contributed by atoms with E-state index in [2.05, 4.69) is 27.9 Å². The van der Waals surface area contributed by atoms with Crippen molar-refractivity contribution in [3.63, 3.8) is 0 Å². The lowest BCUT2D eigenvalue weighted by Gasteiger charge is -2.31. The van der Waals surface area contributed by atoms with Crippen LogP contribution in [0.3, 0.4) is 0 Å². The van der Waals surface area contributed by atoms with Gasteiger partial charge in [0.2, 0.25) is 5.91 Å². The Bertz CT molecular complexity index is 950. The van der Waals surface area contributed by atoms with Crippen molar-refractivity contribution in [2.75, 3.05) is 18.4 Å². The number of rotatable bonds is 4. The highest BCUT2D eigenvalue weighted by atomic mass is 35.5. The molecule has 1 aliphatic rings. The first-order valence-electron chi connectivity index (χ1n) is 9.29. The van der Waals surface area contributed by atoms with Crippen LogP contribution >= 0.6 is 11.6 Å². The lowest BCUT2D eigenvalue weighted by Crippen LogP contribution is -2.40. The maximum Gasteiger partial charge on any atom is 0.228 e. The monoisotopic (exact) mass is 382 g/mol. The summed E-state index contributed by atoms with van der Waals surface area (Å²) in [4.78, 5) is 19.8. The van der Waals surface area contributed by atoms with Gasteiger partial charge >= 0.3 is 0 Å². The molecule has 1 amide bonds. The van der Waals surface area contributed by atoms with Crippen molar-refractivity contribution in [3.8, 4) is 0 Å². The summed E-state index contributed by atoms with van der Waals surface area (Å²) in [6.45, 7) is 2.51. The predicted octanol–water partition coefficient (Wildman–Crippen LogP) is 4.08. The molecule has 27 heavy (non-hydrogen) atoms. The number of benzene rings is 2. The van der Waals surface area contributed by atoms with Crippen molar-refractivity contribution in [2.24, 2.45) is 13.0 Å². The molecule has 1 N–H and O–H groups in total. The van der Waals surface area contributed by atoms with Gasteiger partial charge in [-0.3, -0.25) is 9.69 Å². The van der Waals surface area contributed by atoms with Crippen molar-refractivity contribution < 1.29 is 4.79 Å². The molecule has 5 nitrogen and oxygen atoms in total. The lowest BCUT2D eigenvalue weighted by molar-refractivity contribution is -0.121. The molecule has 1 fully saturated rings. The van der Waals surface area contributed by atoms with Gasteiger partial charge in [0.05, 0.1) is 23.5 Å². The van der Waals surface area contributed by atoms with Gasteiger partial charge in [0.1, 0.15) is 5.82 Å². The molecule has 3 aromatic rings. The Balaban J connectivity index is 1.42. The van der Waals surface area contributed by atoms with Gasteiger partial charge in [-0.2, -0.15) is 0 Å². The third-order valence-corrected chi connectivity index (χ3v) is 5.48. The number of anilines is 1. The molecular weight excluding hydrogens is 360 g/mol. The predicted molar refractivity (Wildman–Crippen MR) is 109 cm³/mol. The number of fused-ring (bicyclic) bond motifs is 1. The zero-order valence-electron chi connectivity index (χ0n) is 15.4. The summed E-state index contributed by atoms with van der Waals surface area (Å²) in [7, 11) is 2.05. The number of nitrogens with one attached hydrogen (secondary N) is 1. The molecule has 1 aromatic heterocycles. The summed E-state index contributed by atoms with van der Waals surface area (Å²) in [5, 5.41) is 3.68. The van der Waals surface area contributed by atoms with E-state index in [1.807, 2.05) is 30.3 Å². The van der Waals surface area contributed by atoms with Crippen LogP contribution in [0.15, 0.2) is 48.5 Å². The first-order valence-corrected chi connectivity index (χ1v) is 9.67. The average molecular weight is 383 g/mol. The van der Waals surface area contributed by atoms with E-state index in [0.717, 1.165) is 55.0 Å². The second-order valence-corrected chi connectivity index (χ2v) is 7.58.